The first-order valence-electron chi connectivity index (χ1n) is 6.31. The number of fused-ring (bicyclic) bond motifs is 2. The van der Waals surface area contributed by atoms with Crippen molar-refractivity contribution in [1.82, 2.24) is 0 Å². The van der Waals surface area contributed by atoms with Gasteiger partial charge in [-0.1, -0.05) is 30.3 Å². The third kappa shape index (κ3) is 2.04. The smallest absolute Gasteiger partial charge is 0.337 e. The molecule has 0 saturated heterocycles. The largest absolute Gasteiger partial charge is 0.488 e. The first-order valence-corrected chi connectivity index (χ1v) is 6.31. The number of hydrogen-bond donors (Lipinski definition) is 1. The van der Waals surface area contributed by atoms with E-state index in [1.807, 2.05) is 24.3 Å². The van der Waals surface area contributed by atoms with Crippen LogP contribution in [0.5, 0.6) is 5.75 Å². The van der Waals surface area contributed by atoms with Crippen molar-refractivity contribution in [3.05, 3.63) is 64.7 Å². The summed E-state index contributed by atoms with van der Waals surface area (Å²) in [5.74, 6) is 0.0873. The highest BCUT2D eigenvalue weighted by atomic mass is 16.5. The van der Waals surface area contributed by atoms with Gasteiger partial charge in [-0.3, -0.25) is 0 Å². The highest BCUT2D eigenvalue weighted by Gasteiger charge is 2.23. The quantitative estimate of drug-likeness (QED) is 0.809. The molecule has 0 aromatic heterocycles. The summed E-state index contributed by atoms with van der Waals surface area (Å²) >= 11 is 0. The zero-order valence-electron chi connectivity index (χ0n) is 11.0. The van der Waals surface area contributed by atoms with Crippen molar-refractivity contribution in [1.29, 1.82) is 0 Å². The summed E-state index contributed by atoms with van der Waals surface area (Å²) in [5, 5.41) is 10.5. The van der Waals surface area contributed by atoms with Crippen molar-refractivity contribution in [2.24, 2.45) is 0 Å². The van der Waals surface area contributed by atoms with Crippen LogP contribution in [0.2, 0.25) is 0 Å². The van der Waals surface area contributed by atoms with E-state index in [9.17, 15) is 9.90 Å². The van der Waals surface area contributed by atoms with Gasteiger partial charge < -0.3 is 14.6 Å². The van der Waals surface area contributed by atoms with Gasteiger partial charge in [0.05, 0.1) is 12.7 Å². The summed E-state index contributed by atoms with van der Waals surface area (Å²) in [6.07, 6.45) is -0.754. The summed E-state index contributed by atoms with van der Waals surface area (Å²) in [6.45, 7) is 0.366. The van der Waals surface area contributed by atoms with Crippen molar-refractivity contribution in [2.45, 2.75) is 12.7 Å². The Kier molecular flexibility index (Phi) is 3.16. The molecule has 1 heterocycles. The van der Waals surface area contributed by atoms with Crippen molar-refractivity contribution in [3.63, 3.8) is 0 Å². The van der Waals surface area contributed by atoms with Gasteiger partial charge in [0.1, 0.15) is 18.5 Å². The number of methoxy groups -OCH3 is 1. The Bertz CT molecular complexity index is 663. The zero-order valence-corrected chi connectivity index (χ0v) is 11.0. The Balaban J connectivity index is 2.07. The predicted molar refractivity (Wildman–Crippen MR) is 72.6 cm³/mol. The maximum Gasteiger partial charge on any atom is 0.337 e. The summed E-state index contributed by atoms with van der Waals surface area (Å²) < 4.78 is 10.4. The number of esters is 1. The van der Waals surface area contributed by atoms with E-state index in [0.717, 1.165) is 11.1 Å². The first kappa shape index (κ1) is 12.7. The Morgan fingerprint density at radius 3 is 2.85 bits per heavy atom. The minimum atomic E-state index is -0.754. The Labute approximate surface area is 116 Å². The summed E-state index contributed by atoms with van der Waals surface area (Å²) in [4.78, 5) is 11.5. The van der Waals surface area contributed by atoms with Crippen LogP contribution in [0.4, 0.5) is 0 Å². The number of rotatable bonds is 1. The minimum Gasteiger partial charge on any atom is -0.488 e. The van der Waals surface area contributed by atoms with Crippen LogP contribution in [0, 0.1) is 0 Å². The lowest BCUT2D eigenvalue weighted by atomic mass is 9.97. The lowest BCUT2D eigenvalue weighted by Gasteiger charge is -2.13. The van der Waals surface area contributed by atoms with Crippen molar-refractivity contribution < 1.29 is 19.4 Å². The van der Waals surface area contributed by atoms with E-state index in [4.69, 9.17) is 9.47 Å². The van der Waals surface area contributed by atoms with Crippen LogP contribution in [0.15, 0.2) is 42.5 Å². The van der Waals surface area contributed by atoms with Gasteiger partial charge in [-0.2, -0.15) is 0 Å². The number of carbonyl (C=O) groups is 1. The van der Waals surface area contributed by atoms with E-state index in [-0.39, 0.29) is 0 Å². The molecule has 0 spiro atoms. The van der Waals surface area contributed by atoms with Gasteiger partial charge in [-0.15, -0.1) is 0 Å². The van der Waals surface area contributed by atoms with Gasteiger partial charge in [0.15, 0.2) is 0 Å². The van der Waals surface area contributed by atoms with Gasteiger partial charge in [-0.05, 0) is 23.3 Å². The average molecular weight is 270 g/mol. The van der Waals surface area contributed by atoms with Gasteiger partial charge in [0.25, 0.3) is 0 Å². The monoisotopic (exact) mass is 270 g/mol. The molecule has 102 valence electrons. The first-order chi connectivity index (χ1) is 9.70. The van der Waals surface area contributed by atoms with E-state index >= 15 is 0 Å². The molecule has 0 amide bonds. The SMILES string of the molecule is COC(=O)c1ccc2c(c1)OCc1ccccc1C2O. The summed E-state index contributed by atoms with van der Waals surface area (Å²) in [6, 6.07) is 12.5. The fourth-order valence-electron chi connectivity index (χ4n) is 2.39. The molecule has 1 unspecified atom stereocenters. The molecular formula is C16H14O4. The average Bonchev–Trinajstić information content (AvgIpc) is 2.64. The van der Waals surface area contributed by atoms with Crippen molar-refractivity contribution in [3.8, 4) is 5.75 Å². The summed E-state index contributed by atoms with van der Waals surface area (Å²) in [5.41, 5.74) is 2.83. The highest BCUT2D eigenvalue weighted by molar-refractivity contribution is 5.90. The molecule has 1 aliphatic rings. The molecule has 4 heteroatoms. The molecule has 0 saturated carbocycles. The van der Waals surface area contributed by atoms with Crippen molar-refractivity contribution in [2.75, 3.05) is 7.11 Å². The van der Waals surface area contributed by atoms with Crippen LogP contribution in [0.25, 0.3) is 0 Å². The second-order valence-corrected chi connectivity index (χ2v) is 4.63. The van der Waals surface area contributed by atoms with Crippen LogP contribution in [-0.2, 0) is 11.3 Å². The molecule has 4 nitrogen and oxygen atoms in total. The predicted octanol–water partition coefficient (Wildman–Crippen LogP) is 2.45. The number of hydrogen-bond acceptors (Lipinski definition) is 4. The van der Waals surface area contributed by atoms with Gasteiger partial charge >= 0.3 is 5.97 Å². The number of aliphatic hydroxyl groups excluding tert-OH is 1. The van der Waals surface area contributed by atoms with Crippen LogP contribution < -0.4 is 4.74 Å². The van der Waals surface area contributed by atoms with Crippen LogP contribution in [-0.4, -0.2) is 18.2 Å². The zero-order chi connectivity index (χ0) is 14.1. The van der Waals surface area contributed by atoms with Crippen LogP contribution in [0.3, 0.4) is 0 Å². The molecule has 1 aliphatic heterocycles. The van der Waals surface area contributed by atoms with E-state index < -0.39 is 12.1 Å². The lowest BCUT2D eigenvalue weighted by molar-refractivity contribution is 0.0600. The lowest BCUT2D eigenvalue weighted by Crippen LogP contribution is -2.04. The molecule has 1 N–H and O–H groups in total. The molecule has 2 aromatic carbocycles. The van der Waals surface area contributed by atoms with Crippen molar-refractivity contribution >= 4 is 5.97 Å². The second-order valence-electron chi connectivity index (χ2n) is 4.63. The molecule has 2 aromatic rings. The molecule has 1 atom stereocenters. The molecule has 0 bridgehead atoms. The maximum absolute atomic E-state index is 11.5. The standard InChI is InChI=1S/C16H14O4/c1-19-16(18)10-6-7-13-14(8-10)20-9-11-4-2-3-5-12(11)15(13)17/h2-8,15,17H,9H2,1H3. The van der Waals surface area contributed by atoms with Gasteiger partial charge in [-0.25, -0.2) is 4.79 Å². The number of carbonyl (C=O) groups excluding carboxylic acids is 1. The van der Waals surface area contributed by atoms with Crippen LogP contribution in [0.1, 0.15) is 33.2 Å². The molecule has 0 radical (unpaired) electrons. The molecule has 20 heavy (non-hydrogen) atoms. The van der Waals surface area contributed by atoms with E-state index in [1.54, 1.807) is 18.2 Å². The van der Waals surface area contributed by atoms with Gasteiger partial charge in [0.2, 0.25) is 0 Å². The highest BCUT2D eigenvalue weighted by Crippen LogP contribution is 2.36. The number of benzene rings is 2. The Hall–Kier alpha value is -2.33. The summed E-state index contributed by atoms with van der Waals surface area (Å²) in [7, 11) is 1.33. The second kappa shape index (κ2) is 4.98. The third-order valence-electron chi connectivity index (χ3n) is 3.46. The maximum atomic E-state index is 11.5. The Morgan fingerprint density at radius 1 is 1.25 bits per heavy atom. The fraction of sp³-hybridized carbons (Fsp3) is 0.188. The van der Waals surface area contributed by atoms with Crippen LogP contribution >= 0.6 is 0 Å². The molecule has 0 fully saturated rings. The van der Waals surface area contributed by atoms with E-state index in [2.05, 4.69) is 0 Å². The Morgan fingerprint density at radius 2 is 2.05 bits per heavy atom. The topological polar surface area (TPSA) is 55.8 Å². The molecular weight excluding hydrogens is 256 g/mol. The normalized spacial score (nSPS) is 16.4. The van der Waals surface area contributed by atoms with Gasteiger partial charge in [0, 0.05) is 5.56 Å². The molecule has 0 aliphatic carbocycles. The molecule has 3 rings (SSSR count). The van der Waals surface area contributed by atoms with E-state index in [1.165, 1.54) is 7.11 Å². The number of ether oxygens (including phenoxy) is 2. The third-order valence-corrected chi connectivity index (χ3v) is 3.46. The fourth-order valence-corrected chi connectivity index (χ4v) is 2.39. The minimum absolute atomic E-state index is 0.366. The van der Waals surface area contributed by atoms with E-state index in [0.29, 0.717) is 23.5 Å². The number of aliphatic hydroxyl groups is 1.